The lowest BCUT2D eigenvalue weighted by Gasteiger charge is -2.30. The van der Waals surface area contributed by atoms with Crippen molar-refractivity contribution >= 4 is 29.7 Å². The van der Waals surface area contributed by atoms with Gasteiger partial charge < -0.3 is 20.1 Å². The minimum Gasteiger partial charge on any atom is -0.481 e. The fraction of sp³-hybridized carbons (Fsp3) is 0.444. The molecule has 8 heteroatoms. The van der Waals surface area contributed by atoms with Crippen molar-refractivity contribution in [3.8, 4) is 11.1 Å². The fourth-order valence-electron chi connectivity index (χ4n) is 5.80. The van der Waals surface area contributed by atoms with Gasteiger partial charge in [0.25, 0.3) is 0 Å². The van der Waals surface area contributed by atoms with E-state index in [1.807, 2.05) is 30.5 Å². The predicted octanol–water partition coefficient (Wildman–Crippen LogP) is 3.83. The van der Waals surface area contributed by atoms with E-state index in [-0.39, 0.29) is 36.2 Å². The number of carbonyl (C=O) groups excluding carboxylic acids is 2. The van der Waals surface area contributed by atoms with Crippen LogP contribution < -0.4 is 5.32 Å². The summed E-state index contributed by atoms with van der Waals surface area (Å²) in [5.41, 5.74) is 4.59. The summed E-state index contributed by atoms with van der Waals surface area (Å²) in [7, 11) is 0. The highest BCUT2D eigenvalue weighted by molar-refractivity contribution is 7.98. The lowest BCUT2D eigenvalue weighted by molar-refractivity contribution is -0.139. The average Bonchev–Trinajstić information content (AvgIpc) is 3.52. The molecule has 0 aromatic heterocycles. The standard InChI is InChI=1S/C27H30N2O5S/c1-35-13-11-23(25(30)29-12-10-20-21(14-29)24(20)26(31)32)28-27(33)34-15-22-18-8-4-2-6-16(18)17-7-3-5-9-19(17)22/h2-9,20-24H,10-15H2,1H3,(H,28,33)(H,31,32). The summed E-state index contributed by atoms with van der Waals surface area (Å²) in [6.45, 7) is 1.17. The summed E-state index contributed by atoms with van der Waals surface area (Å²) in [5, 5.41) is 12.1. The third-order valence-electron chi connectivity index (χ3n) is 7.64. The zero-order valence-corrected chi connectivity index (χ0v) is 20.5. The Morgan fingerprint density at radius 3 is 2.37 bits per heavy atom. The van der Waals surface area contributed by atoms with E-state index in [1.54, 1.807) is 16.7 Å². The van der Waals surface area contributed by atoms with Gasteiger partial charge in [0, 0.05) is 19.0 Å². The van der Waals surface area contributed by atoms with E-state index in [9.17, 15) is 19.5 Å². The number of carbonyl (C=O) groups is 3. The van der Waals surface area contributed by atoms with Crippen molar-refractivity contribution in [2.45, 2.75) is 24.8 Å². The van der Waals surface area contributed by atoms with E-state index in [1.165, 1.54) is 0 Å². The van der Waals surface area contributed by atoms with Crippen molar-refractivity contribution in [1.29, 1.82) is 0 Å². The summed E-state index contributed by atoms with van der Waals surface area (Å²) >= 11 is 1.61. The third-order valence-corrected chi connectivity index (χ3v) is 8.28. The molecule has 1 aliphatic heterocycles. The first-order chi connectivity index (χ1) is 17.0. The quantitative estimate of drug-likeness (QED) is 0.579. The number of hydrogen-bond donors (Lipinski definition) is 2. The number of nitrogens with zero attached hydrogens (tertiary/aromatic N) is 1. The smallest absolute Gasteiger partial charge is 0.407 e. The number of piperidine rings is 1. The molecule has 35 heavy (non-hydrogen) atoms. The maximum absolute atomic E-state index is 13.3. The second-order valence-corrected chi connectivity index (χ2v) is 10.6. The molecule has 2 aromatic rings. The summed E-state index contributed by atoms with van der Waals surface area (Å²) in [6.07, 6.45) is 2.56. The highest BCUT2D eigenvalue weighted by atomic mass is 32.2. The molecule has 2 amide bonds. The van der Waals surface area contributed by atoms with Gasteiger partial charge >= 0.3 is 12.1 Å². The molecule has 2 fully saturated rings. The number of nitrogens with one attached hydrogen (secondary N) is 1. The number of hydrogen-bond acceptors (Lipinski definition) is 5. The molecule has 0 spiro atoms. The Labute approximate surface area is 209 Å². The lowest BCUT2D eigenvalue weighted by atomic mass is 9.98. The number of likely N-dealkylation sites (tertiary alicyclic amines) is 1. The number of ether oxygens (including phenoxy) is 1. The maximum Gasteiger partial charge on any atom is 0.407 e. The Morgan fingerprint density at radius 1 is 1.09 bits per heavy atom. The Kier molecular flexibility index (Phi) is 6.73. The Balaban J connectivity index is 1.22. The van der Waals surface area contributed by atoms with Gasteiger partial charge in [0.15, 0.2) is 0 Å². The van der Waals surface area contributed by atoms with E-state index in [0.717, 1.165) is 28.0 Å². The molecule has 2 aromatic carbocycles. The van der Waals surface area contributed by atoms with Crippen molar-refractivity contribution in [3.05, 3.63) is 59.7 Å². The van der Waals surface area contributed by atoms with Gasteiger partial charge in [0.2, 0.25) is 5.91 Å². The first-order valence-electron chi connectivity index (χ1n) is 12.1. The topological polar surface area (TPSA) is 95.9 Å². The van der Waals surface area contributed by atoms with Crippen LogP contribution in [0.3, 0.4) is 0 Å². The fourth-order valence-corrected chi connectivity index (χ4v) is 6.27. The summed E-state index contributed by atoms with van der Waals surface area (Å²) in [5.74, 6) is -0.385. The third kappa shape index (κ3) is 4.63. The first-order valence-corrected chi connectivity index (χ1v) is 13.5. The number of carboxylic acids is 1. The van der Waals surface area contributed by atoms with E-state index in [0.29, 0.717) is 25.9 Å². The second-order valence-electron chi connectivity index (χ2n) is 9.57. The van der Waals surface area contributed by atoms with Crippen LogP contribution in [0.2, 0.25) is 0 Å². The number of carboxylic acid groups (broad SMARTS) is 1. The van der Waals surface area contributed by atoms with Crippen molar-refractivity contribution in [2.24, 2.45) is 17.8 Å². The molecule has 2 N–H and O–H groups in total. The van der Waals surface area contributed by atoms with Gasteiger partial charge in [-0.1, -0.05) is 48.5 Å². The zero-order valence-electron chi connectivity index (χ0n) is 19.7. The highest BCUT2D eigenvalue weighted by Crippen LogP contribution is 2.51. The lowest BCUT2D eigenvalue weighted by Crippen LogP contribution is -2.50. The van der Waals surface area contributed by atoms with Crippen LogP contribution in [0.4, 0.5) is 4.79 Å². The van der Waals surface area contributed by atoms with Gasteiger partial charge in [-0.05, 0) is 58.9 Å². The van der Waals surface area contributed by atoms with Gasteiger partial charge in [-0.2, -0.15) is 11.8 Å². The molecule has 3 aliphatic rings. The van der Waals surface area contributed by atoms with E-state index in [4.69, 9.17) is 4.74 Å². The van der Waals surface area contributed by atoms with Crippen LogP contribution in [0.15, 0.2) is 48.5 Å². The summed E-state index contributed by atoms with van der Waals surface area (Å²) in [4.78, 5) is 39.2. The number of benzene rings is 2. The number of thioether (sulfide) groups is 1. The molecular formula is C27H30N2O5S. The van der Waals surface area contributed by atoms with Gasteiger partial charge in [0.05, 0.1) is 5.92 Å². The maximum atomic E-state index is 13.3. The largest absolute Gasteiger partial charge is 0.481 e. The van der Waals surface area contributed by atoms with Crippen LogP contribution in [0.1, 0.15) is 29.9 Å². The molecule has 0 radical (unpaired) electrons. The average molecular weight is 495 g/mol. The molecule has 2 aliphatic carbocycles. The molecule has 1 heterocycles. The van der Waals surface area contributed by atoms with Crippen LogP contribution in [0.5, 0.6) is 0 Å². The van der Waals surface area contributed by atoms with E-state index < -0.39 is 18.1 Å². The second kappa shape index (κ2) is 9.93. The first kappa shape index (κ1) is 23.7. The molecule has 184 valence electrons. The number of amides is 2. The number of alkyl carbamates (subject to hydrolysis) is 1. The van der Waals surface area contributed by atoms with Gasteiger partial charge in [-0.3, -0.25) is 9.59 Å². The molecular weight excluding hydrogens is 464 g/mol. The SMILES string of the molecule is CSCCC(NC(=O)OCC1c2ccccc2-c2ccccc21)C(=O)N1CCC2C(C1)C2C(=O)O. The van der Waals surface area contributed by atoms with Crippen LogP contribution >= 0.6 is 11.8 Å². The van der Waals surface area contributed by atoms with Crippen LogP contribution in [-0.2, 0) is 14.3 Å². The Hall–Kier alpha value is -3.00. The molecule has 5 rings (SSSR count). The van der Waals surface area contributed by atoms with E-state index in [2.05, 4.69) is 29.6 Å². The molecule has 0 bridgehead atoms. The van der Waals surface area contributed by atoms with Crippen LogP contribution in [-0.4, -0.2) is 65.7 Å². The van der Waals surface area contributed by atoms with Crippen molar-refractivity contribution in [2.75, 3.05) is 31.7 Å². The van der Waals surface area contributed by atoms with Gasteiger partial charge in [-0.25, -0.2) is 4.79 Å². The van der Waals surface area contributed by atoms with Gasteiger partial charge in [-0.15, -0.1) is 0 Å². The minimum atomic E-state index is -0.773. The molecule has 1 saturated carbocycles. The van der Waals surface area contributed by atoms with Crippen LogP contribution in [0, 0.1) is 17.8 Å². The Bertz CT molecular complexity index is 1090. The highest BCUT2D eigenvalue weighted by Gasteiger charge is 2.57. The normalized spacial score (nSPS) is 23.0. The van der Waals surface area contributed by atoms with E-state index >= 15 is 0 Å². The summed E-state index contributed by atoms with van der Waals surface area (Å²) in [6, 6.07) is 15.6. The number of fused-ring (bicyclic) bond motifs is 4. The monoisotopic (exact) mass is 494 g/mol. The molecule has 4 unspecified atom stereocenters. The zero-order chi connectivity index (χ0) is 24.5. The molecule has 4 atom stereocenters. The number of aliphatic carboxylic acids is 1. The molecule has 1 saturated heterocycles. The van der Waals surface area contributed by atoms with Crippen LogP contribution in [0.25, 0.3) is 11.1 Å². The number of rotatable bonds is 8. The predicted molar refractivity (Wildman–Crippen MR) is 134 cm³/mol. The van der Waals surface area contributed by atoms with Gasteiger partial charge in [0.1, 0.15) is 12.6 Å². The minimum absolute atomic E-state index is 0.0286. The Morgan fingerprint density at radius 2 is 1.74 bits per heavy atom. The van der Waals surface area contributed by atoms with Crippen molar-refractivity contribution in [3.63, 3.8) is 0 Å². The summed E-state index contributed by atoms with van der Waals surface area (Å²) < 4.78 is 5.66. The molecule has 7 nitrogen and oxygen atoms in total. The van der Waals surface area contributed by atoms with Crippen molar-refractivity contribution in [1.82, 2.24) is 10.2 Å². The van der Waals surface area contributed by atoms with Crippen molar-refractivity contribution < 1.29 is 24.2 Å².